The molecule has 2 heterocycles. The van der Waals surface area contributed by atoms with Crippen LogP contribution in [-0.4, -0.2) is 22.4 Å². The largest absolute Gasteiger partial charge is 0.354 e. The maximum atomic E-state index is 12.4. The summed E-state index contributed by atoms with van der Waals surface area (Å²) in [5, 5.41) is 7.32. The van der Waals surface area contributed by atoms with E-state index in [2.05, 4.69) is 20.6 Å². The number of pyridine rings is 2. The summed E-state index contributed by atoms with van der Waals surface area (Å²) in [6, 6.07) is 23.6. The molecule has 28 heavy (non-hydrogen) atoms. The second-order valence-corrected chi connectivity index (χ2v) is 6.43. The smallest absolute Gasteiger partial charge is 0.269 e. The fraction of sp³-hybridized carbons (Fsp3) is 0.0870. The van der Waals surface area contributed by atoms with Gasteiger partial charge in [-0.15, -0.1) is 0 Å². The van der Waals surface area contributed by atoms with Crippen LogP contribution in [0.1, 0.15) is 16.1 Å². The predicted molar refractivity (Wildman–Crippen MR) is 112 cm³/mol. The van der Waals surface area contributed by atoms with Gasteiger partial charge in [-0.25, -0.2) is 0 Å². The number of hydrogen-bond donors (Lipinski definition) is 2. The Morgan fingerprint density at radius 3 is 2.61 bits per heavy atom. The van der Waals surface area contributed by atoms with E-state index in [0.29, 0.717) is 12.2 Å². The minimum atomic E-state index is -0.185. The quantitative estimate of drug-likeness (QED) is 0.531. The first-order chi connectivity index (χ1) is 13.8. The molecule has 0 aliphatic carbocycles. The van der Waals surface area contributed by atoms with Crippen LogP contribution >= 0.6 is 0 Å². The third-order valence-electron chi connectivity index (χ3n) is 4.45. The summed E-state index contributed by atoms with van der Waals surface area (Å²) in [4.78, 5) is 21.1. The van der Waals surface area contributed by atoms with Crippen LogP contribution in [-0.2, 0) is 6.42 Å². The third kappa shape index (κ3) is 4.15. The molecule has 0 aliphatic rings. The average molecular weight is 368 g/mol. The molecule has 4 rings (SSSR count). The highest BCUT2D eigenvalue weighted by atomic mass is 16.1. The normalized spacial score (nSPS) is 10.6. The number of aromatic nitrogens is 2. The first-order valence-electron chi connectivity index (χ1n) is 9.18. The fourth-order valence-corrected chi connectivity index (χ4v) is 3.05. The number of benzene rings is 2. The maximum Gasteiger partial charge on any atom is 0.269 e. The summed E-state index contributed by atoms with van der Waals surface area (Å²) < 4.78 is 0. The highest BCUT2D eigenvalue weighted by Crippen LogP contribution is 2.24. The van der Waals surface area contributed by atoms with Gasteiger partial charge < -0.3 is 10.6 Å². The molecule has 0 saturated carbocycles. The van der Waals surface area contributed by atoms with Gasteiger partial charge >= 0.3 is 0 Å². The van der Waals surface area contributed by atoms with Crippen LogP contribution in [0.5, 0.6) is 0 Å². The summed E-state index contributed by atoms with van der Waals surface area (Å²) in [5.41, 5.74) is 4.14. The second kappa shape index (κ2) is 8.31. The Kier molecular flexibility index (Phi) is 5.24. The molecule has 0 spiro atoms. The van der Waals surface area contributed by atoms with Gasteiger partial charge in [-0.2, -0.15) is 0 Å². The van der Waals surface area contributed by atoms with Crippen LogP contribution < -0.4 is 10.6 Å². The van der Waals surface area contributed by atoms with E-state index in [1.54, 1.807) is 18.5 Å². The minimum Gasteiger partial charge on any atom is -0.354 e. The van der Waals surface area contributed by atoms with Gasteiger partial charge in [0.2, 0.25) is 0 Å². The van der Waals surface area contributed by atoms with E-state index in [1.165, 1.54) is 5.56 Å². The molecule has 2 N–H and O–H groups in total. The van der Waals surface area contributed by atoms with E-state index >= 15 is 0 Å². The highest BCUT2D eigenvalue weighted by Gasteiger charge is 2.09. The van der Waals surface area contributed by atoms with E-state index in [4.69, 9.17) is 0 Å². The van der Waals surface area contributed by atoms with E-state index in [1.807, 2.05) is 66.7 Å². The molecule has 0 unspecified atom stereocenters. The molecular formula is C23H20N4O. The molecule has 2 aromatic carbocycles. The zero-order valence-electron chi connectivity index (χ0n) is 15.3. The van der Waals surface area contributed by atoms with Gasteiger partial charge in [0, 0.05) is 30.0 Å². The van der Waals surface area contributed by atoms with Gasteiger partial charge in [-0.05, 0) is 36.2 Å². The Morgan fingerprint density at radius 1 is 0.857 bits per heavy atom. The van der Waals surface area contributed by atoms with Gasteiger partial charge in [0.25, 0.3) is 5.91 Å². The Hall–Kier alpha value is -3.73. The van der Waals surface area contributed by atoms with Gasteiger partial charge in [-0.1, -0.05) is 48.5 Å². The van der Waals surface area contributed by atoms with E-state index < -0.39 is 0 Å². The summed E-state index contributed by atoms with van der Waals surface area (Å²) in [5.74, 6) is -0.185. The first kappa shape index (κ1) is 17.7. The molecule has 4 aromatic rings. The molecule has 138 valence electrons. The van der Waals surface area contributed by atoms with Crippen molar-refractivity contribution < 1.29 is 4.79 Å². The fourth-order valence-electron chi connectivity index (χ4n) is 3.05. The van der Waals surface area contributed by atoms with Crippen LogP contribution in [0.4, 0.5) is 11.4 Å². The number of carbonyl (C=O) groups is 1. The summed E-state index contributed by atoms with van der Waals surface area (Å²) in [7, 11) is 0. The molecule has 5 nitrogen and oxygen atoms in total. The Bertz CT molecular complexity index is 1090. The topological polar surface area (TPSA) is 66.9 Å². The number of hydrogen-bond acceptors (Lipinski definition) is 4. The van der Waals surface area contributed by atoms with Crippen molar-refractivity contribution in [1.29, 1.82) is 0 Å². The van der Waals surface area contributed by atoms with Crippen LogP contribution in [0.3, 0.4) is 0 Å². The van der Waals surface area contributed by atoms with Gasteiger partial charge in [-0.3, -0.25) is 14.8 Å². The van der Waals surface area contributed by atoms with Crippen molar-refractivity contribution in [2.75, 3.05) is 11.9 Å². The lowest BCUT2D eigenvalue weighted by Gasteiger charge is -2.10. The Morgan fingerprint density at radius 2 is 1.71 bits per heavy atom. The summed E-state index contributed by atoms with van der Waals surface area (Å²) in [6.07, 6.45) is 4.19. The van der Waals surface area contributed by atoms with E-state index in [9.17, 15) is 4.79 Å². The maximum absolute atomic E-state index is 12.4. The lowest BCUT2D eigenvalue weighted by atomic mass is 10.1. The van der Waals surface area contributed by atoms with Crippen molar-refractivity contribution in [3.63, 3.8) is 0 Å². The number of anilines is 2. The molecule has 0 atom stereocenters. The number of para-hydroxylation sites is 1. The van der Waals surface area contributed by atoms with Crippen molar-refractivity contribution >= 4 is 28.2 Å². The van der Waals surface area contributed by atoms with Crippen LogP contribution in [0, 0.1) is 0 Å². The lowest BCUT2D eigenvalue weighted by molar-refractivity contribution is 0.0949. The second-order valence-electron chi connectivity index (χ2n) is 6.43. The summed E-state index contributed by atoms with van der Waals surface area (Å²) >= 11 is 0. The molecule has 0 radical (unpaired) electrons. The molecule has 0 aliphatic heterocycles. The van der Waals surface area contributed by atoms with Crippen LogP contribution in [0.2, 0.25) is 0 Å². The number of fused-ring (bicyclic) bond motifs is 1. The lowest BCUT2D eigenvalue weighted by Crippen LogP contribution is -2.26. The summed E-state index contributed by atoms with van der Waals surface area (Å²) in [6.45, 7) is 0.565. The molecule has 0 bridgehead atoms. The number of nitrogens with one attached hydrogen (secondary N) is 2. The SMILES string of the molecule is O=C(NCCc1ccccc1)c1cc(Nc2cccc3cccnc23)ccn1. The monoisotopic (exact) mass is 368 g/mol. The Labute approximate surface area is 163 Å². The van der Waals surface area contributed by atoms with E-state index in [-0.39, 0.29) is 5.91 Å². The zero-order valence-corrected chi connectivity index (χ0v) is 15.3. The number of amides is 1. The zero-order chi connectivity index (χ0) is 19.2. The number of carbonyl (C=O) groups excluding carboxylic acids is 1. The van der Waals surface area contributed by atoms with E-state index in [0.717, 1.165) is 28.7 Å². The molecule has 0 saturated heterocycles. The standard InChI is InChI=1S/C23H20N4O/c28-23(26-14-11-17-6-2-1-3-7-17)21-16-19(12-15-24-21)27-20-10-4-8-18-9-5-13-25-22(18)20/h1-10,12-13,15-16H,11,14H2,(H,24,27)(H,26,28). The van der Waals surface area contributed by atoms with Crippen molar-refractivity contribution in [1.82, 2.24) is 15.3 Å². The molecule has 1 amide bonds. The molecule has 0 fully saturated rings. The predicted octanol–water partition coefficient (Wildman–Crippen LogP) is 4.35. The van der Waals surface area contributed by atoms with Gasteiger partial charge in [0.05, 0.1) is 11.2 Å². The van der Waals surface area contributed by atoms with Crippen LogP contribution in [0.15, 0.2) is 85.2 Å². The third-order valence-corrected chi connectivity index (χ3v) is 4.45. The van der Waals surface area contributed by atoms with Crippen LogP contribution in [0.25, 0.3) is 10.9 Å². The highest BCUT2D eigenvalue weighted by molar-refractivity contribution is 5.95. The minimum absolute atomic E-state index is 0.185. The first-order valence-corrected chi connectivity index (χ1v) is 9.18. The molecule has 2 aromatic heterocycles. The number of nitrogens with zero attached hydrogens (tertiary/aromatic N) is 2. The average Bonchev–Trinajstić information content (AvgIpc) is 2.75. The van der Waals surface area contributed by atoms with Crippen molar-refractivity contribution in [2.24, 2.45) is 0 Å². The van der Waals surface area contributed by atoms with Crippen molar-refractivity contribution in [2.45, 2.75) is 6.42 Å². The van der Waals surface area contributed by atoms with Crippen molar-refractivity contribution in [3.05, 3.63) is 96.4 Å². The van der Waals surface area contributed by atoms with Gasteiger partial charge in [0.15, 0.2) is 0 Å². The molecule has 5 heteroatoms. The molecular weight excluding hydrogens is 348 g/mol. The van der Waals surface area contributed by atoms with Gasteiger partial charge in [0.1, 0.15) is 5.69 Å². The van der Waals surface area contributed by atoms with Crippen molar-refractivity contribution in [3.8, 4) is 0 Å². The Balaban J connectivity index is 1.44. The number of rotatable bonds is 6.